The number of rotatable bonds is 6. The molecule has 4 nitrogen and oxygen atoms in total. The molecule has 138 valence electrons. The maximum atomic E-state index is 12.4. The normalized spacial score (nSPS) is 19.9. The SMILES string of the molecule is Cc1ccccc1[C@H](CC(=O)OCC(C)C)B1OC(C)(C)C(C)(C)O1. The first-order valence-corrected chi connectivity index (χ1v) is 9.10. The summed E-state index contributed by atoms with van der Waals surface area (Å²) >= 11 is 0. The Bertz CT molecular complexity index is 593. The molecule has 2 rings (SSSR count). The quantitative estimate of drug-likeness (QED) is 0.569. The standard InChI is InChI=1S/C20H31BO4/c1-14(2)13-23-18(22)12-17(16-11-9-8-10-15(16)3)21-24-19(4,5)20(6,7)25-21/h8-11,14,17H,12-13H2,1-7H3/t17-/m0/s1. The third-order valence-electron chi connectivity index (χ3n) is 5.15. The zero-order chi connectivity index (χ0) is 18.8. The molecule has 25 heavy (non-hydrogen) atoms. The summed E-state index contributed by atoms with van der Waals surface area (Å²) in [5.74, 6) is -0.0868. The molecule has 1 aromatic rings. The molecule has 0 radical (unpaired) electrons. The Labute approximate surface area is 152 Å². The van der Waals surface area contributed by atoms with Gasteiger partial charge in [0.2, 0.25) is 0 Å². The highest BCUT2D eigenvalue weighted by molar-refractivity contribution is 6.48. The van der Waals surface area contributed by atoms with Crippen molar-refractivity contribution in [3.8, 4) is 0 Å². The number of carbonyl (C=O) groups excluding carboxylic acids is 1. The van der Waals surface area contributed by atoms with E-state index in [9.17, 15) is 4.79 Å². The Kier molecular flexibility index (Phi) is 6.00. The van der Waals surface area contributed by atoms with Gasteiger partial charge in [-0.1, -0.05) is 38.1 Å². The zero-order valence-electron chi connectivity index (χ0n) is 16.6. The Morgan fingerprint density at radius 1 is 1.12 bits per heavy atom. The minimum Gasteiger partial charge on any atom is -0.465 e. The van der Waals surface area contributed by atoms with Crippen molar-refractivity contribution in [2.45, 2.75) is 71.9 Å². The van der Waals surface area contributed by atoms with Crippen LogP contribution in [0.5, 0.6) is 0 Å². The lowest BCUT2D eigenvalue weighted by atomic mass is 9.65. The van der Waals surface area contributed by atoms with Gasteiger partial charge in [0, 0.05) is 5.82 Å². The maximum absolute atomic E-state index is 12.4. The Morgan fingerprint density at radius 3 is 2.20 bits per heavy atom. The third-order valence-corrected chi connectivity index (χ3v) is 5.15. The number of hydrogen-bond acceptors (Lipinski definition) is 4. The Morgan fingerprint density at radius 2 is 1.68 bits per heavy atom. The van der Waals surface area contributed by atoms with Gasteiger partial charge in [0.25, 0.3) is 0 Å². The van der Waals surface area contributed by atoms with E-state index >= 15 is 0 Å². The van der Waals surface area contributed by atoms with Crippen LogP contribution in [0, 0.1) is 12.8 Å². The lowest BCUT2D eigenvalue weighted by Gasteiger charge is -2.32. The first-order valence-electron chi connectivity index (χ1n) is 9.10. The van der Waals surface area contributed by atoms with E-state index in [2.05, 4.69) is 0 Å². The molecule has 1 fully saturated rings. The van der Waals surface area contributed by atoms with Crippen molar-refractivity contribution in [1.29, 1.82) is 0 Å². The molecule has 1 atom stereocenters. The first kappa shape index (κ1) is 20.0. The van der Waals surface area contributed by atoms with E-state index < -0.39 is 18.3 Å². The van der Waals surface area contributed by atoms with Gasteiger partial charge in [-0.25, -0.2) is 0 Å². The van der Waals surface area contributed by atoms with Gasteiger partial charge in [-0.3, -0.25) is 4.79 Å². The molecule has 0 amide bonds. The fourth-order valence-corrected chi connectivity index (χ4v) is 2.91. The lowest BCUT2D eigenvalue weighted by molar-refractivity contribution is -0.144. The molecular formula is C20H31BO4. The number of aryl methyl sites for hydroxylation is 1. The minimum absolute atomic E-state index is 0.193. The monoisotopic (exact) mass is 346 g/mol. The predicted molar refractivity (Wildman–Crippen MR) is 100 cm³/mol. The summed E-state index contributed by atoms with van der Waals surface area (Å²) in [6.45, 7) is 14.6. The van der Waals surface area contributed by atoms with Gasteiger partial charge < -0.3 is 14.0 Å². The number of hydrogen-bond donors (Lipinski definition) is 0. The summed E-state index contributed by atoms with van der Waals surface area (Å²) in [5.41, 5.74) is 1.34. The van der Waals surface area contributed by atoms with Crippen molar-refractivity contribution in [3.05, 3.63) is 35.4 Å². The smallest absolute Gasteiger partial charge is 0.465 e. The highest BCUT2D eigenvalue weighted by Crippen LogP contribution is 2.42. The van der Waals surface area contributed by atoms with Crippen LogP contribution >= 0.6 is 0 Å². The molecule has 0 aromatic heterocycles. The van der Waals surface area contributed by atoms with E-state index in [1.807, 2.05) is 72.7 Å². The molecule has 0 bridgehead atoms. The van der Waals surface area contributed by atoms with Gasteiger partial charge in [0.05, 0.1) is 24.2 Å². The second-order valence-electron chi connectivity index (χ2n) is 8.37. The zero-order valence-corrected chi connectivity index (χ0v) is 16.6. The molecule has 0 spiro atoms. The van der Waals surface area contributed by atoms with Crippen LogP contribution in [-0.2, 0) is 18.8 Å². The first-order chi connectivity index (χ1) is 11.5. The van der Waals surface area contributed by atoms with E-state index in [0.717, 1.165) is 11.1 Å². The third kappa shape index (κ3) is 4.65. The summed E-state index contributed by atoms with van der Waals surface area (Å²) in [6, 6.07) is 8.07. The van der Waals surface area contributed by atoms with Gasteiger partial charge in [0.1, 0.15) is 0 Å². The van der Waals surface area contributed by atoms with Gasteiger partial charge in [-0.2, -0.15) is 0 Å². The van der Waals surface area contributed by atoms with Crippen LogP contribution < -0.4 is 0 Å². The molecule has 0 unspecified atom stereocenters. The maximum Gasteiger partial charge on any atom is 0.466 e. The van der Waals surface area contributed by atoms with Crippen LogP contribution in [0.15, 0.2) is 24.3 Å². The molecule has 1 aliphatic rings. The summed E-state index contributed by atoms with van der Waals surface area (Å²) < 4.78 is 17.9. The van der Waals surface area contributed by atoms with E-state index in [-0.39, 0.29) is 18.2 Å². The second kappa shape index (κ2) is 7.51. The van der Waals surface area contributed by atoms with Crippen LogP contribution in [0.1, 0.15) is 64.9 Å². The number of benzene rings is 1. The average molecular weight is 346 g/mol. The van der Waals surface area contributed by atoms with Crippen molar-refractivity contribution in [3.63, 3.8) is 0 Å². The molecule has 0 aliphatic carbocycles. The van der Waals surface area contributed by atoms with E-state index in [1.165, 1.54) is 0 Å². The highest BCUT2D eigenvalue weighted by Gasteiger charge is 2.54. The summed E-state index contributed by atoms with van der Waals surface area (Å²) in [5, 5.41) is 0. The summed E-state index contributed by atoms with van der Waals surface area (Å²) in [6.07, 6.45) is 0.244. The fourth-order valence-electron chi connectivity index (χ4n) is 2.91. The Balaban J connectivity index is 2.25. The molecule has 0 saturated carbocycles. The van der Waals surface area contributed by atoms with Crippen LogP contribution in [0.3, 0.4) is 0 Å². The van der Waals surface area contributed by atoms with Crippen molar-refractivity contribution in [2.24, 2.45) is 5.92 Å². The summed E-state index contributed by atoms with van der Waals surface area (Å²) in [4.78, 5) is 12.4. The molecular weight excluding hydrogens is 315 g/mol. The molecule has 1 aromatic carbocycles. The minimum atomic E-state index is -0.474. The Hall–Kier alpha value is -1.33. The number of carbonyl (C=O) groups is 1. The number of esters is 1. The lowest BCUT2D eigenvalue weighted by Crippen LogP contribution is -2.41. The number of ether oxygens (including phenoxy) is 1. The van der Waals surface area contributed by atoms with Crippen LogP contribution in [0.2, 0.25) is 0 Å². The van der Waals surface area contributed by atoms with E-state index in [4.69, 9.17) is 14.0 Å². The van der Waals surface area contributed by atoms with Crippen LogP contribution in [-0.4, -0.2) is 30.9 Å². The van der Waals surface area contributed by atoms with Crippen molar-refractivity contribution >= 4 is 13.1 Å². The van der Waals surface area contributed by atoms with Crippen molar-refractivity contribution in [2.75, 3.05) is 6.61 Å². The largest absolute Gasteiger partial charge is 0.466 e. The van der Waals surface area contributed by atoms with Gasteiger partial charge in [-0.15, -0.1) is 0 Å². The van der Waals surface area contributed by atoms with Crippen molar-refractivity contribution < 1.29 is 18.8 Å². The highest BCUT2D eigenvalue weighted by atomic mass is 16.7. The molecule has 1 heterocycles. The van der Waals surface area contributed by atoms with Gasteiger partial charge in [-0.05, 0) is 51.7 Å². The fraction of sp³-hybridized carbons (Fsp3) is 0.650. The second-order valence-corrected chi connectivity index (χ2v) is 8.37. The topological polar surface area (TPSA) is 44.8 Å². The van der Waals surface area contributed by atoms with Crippen molar-refractivity contribution in [1.82, 2.24) is 0 Å². The molecule has 1 saturated heterocycles. The molecule has 0 N–H and O–H groups in total. The predicted octanol–water partition coefficient (Wildman–Crippen LogP) is 4.30. The molecule has 5 heteroatoms. The van der Waals surface area contributed by atoms with Crippen LogP contribution in [0.25, 0.3) is 0 Å². The molecule has 1 aliphatic heterocycles. The average Bonchev–Trinajstić information content (AvgIpc) is 2.71. The summed E-state index contributed by atoms with van der Waals surface area (Å²) in [7, 11) is -0.474. The van der Waals surface area contributed by atoms with E-state index in [0.29, 0.717) is 12.5 Å². The van der Waals surface area contributed by atoms with Gasteiger partial charge >= 0.3 is 13.1 Å². The van der Waals surface area contributed by atoms with E-state index in [1.54, 1.807) is 0 Å². The van der Waals surface area contributed by atoms with Gasteiger partial charge in [0.15, 0.2) is 0 Å². The van der Waals surface area contributed by atoms with Crippen LogP contribution in [0.4, 0.5) is 0 Å².